The lowest BCUT2D eigenvalue weighted by molar-refractivity contribution is -0.418. The monoisotopic (exact) mass is 433 g/mol. The van der Waals surface area contributed by atoms with E-state index < -0.39 is 0 Å². The van der Waals surface area contributed by atoms with Crippen LogP contribution in [0.4, 0.5) is 0 Å². The molecule has 33 heavy (non-hydrogen) atoms. The minimum absolute atomic E-state index is 1.13. The maximum atomic E-state index is 4.21. The number of allylic oxidation sites excluding steroid dienone is 2. The fourth-order valence-electron chi connectivity index (χ4n) is 4.53. The van der Waals surface area contributed by atoms with Crippen molar-refractivity contribution in [1.82, 2.24) is 0 Å². The Labute approximate surface area is 199 Å². The second kappa shape index (κ2) is 10.5. The maximum Gasteiger partial charge on any atom is 0.147 e. The first-order valence-electron chi connectivity index (χ1n) is 12.2. The first kappa shape index (κ1) is 22.9. The molecule has 0 N–H and O–H groups in total. The predicted molar refractivity (Wildman–Crippen MR) is 143 cm³/mol. The van der Waals surface area contributed by atoms with E-state index >= 15 is 0 Å². The molecule has 3 aromatic carbocycles. The van der Waals surface area contributed by atoms with E-state index in [0.717, 1.165) is 12.5 Å². The Kier molecular flexibility index (Phi) is 7.29. The topological polar surface area (TPSA) is 3.01 Å². The highest BCUT2D eigenvalue weighted by atomic mass is 15.0. The van der Waals surface area contributed by atoms with Crippen molar-refractivity contribution in [2.75, 3.05) is 0 Å². The molecule has 0 bridgehead atoms. The molecule has 0 amide bonds. The van der Waals surface area contributed by atoms with Gasteiger partial charge >= 0.3 is 0 Å². The van der Waals surface area contributed by atoms with Crippen LogP contribution in [-0.2, 0) is 6.42 Å². The van der Waals surface area contributed by atoms with Crippen molar-refractivity contribution in [2.24, 2.45) is 0 Å². The Bertz CT molecular complexity index is 1190. The van der Waals surface area contributed by atoms with Gasteiger partial charge in [-0.25, -0.2) is 0 Å². The number of aryl methyl sites for hydroxylation is 2. The second-order valence-corrected chi connectivity index (χ2v) is 9.18. The normalized spacial score (nSPS) is 13.4. The number of unbranched alkanes of at least 4 members (excludes halogenated alkanes) is 3. The average molecular weight is 434 g/mol. The predicted octanol–water partition coefficient (Wildman–Crippen LogP) is 8.52. The smallest absolute Gasteiger partial charge is 0.147 e. The molecule has 1 heteroatoms. The molecule has 0 unspecified atom stereocenters. The summed E-state index contributed by atoms with van der Waals surface area (Å²) in [5.74, 6) is 0. The quantitative estimate of drug-likeness (QED) is 0.190. The summed E-state index contributed by atoms with van der Waals surface area (Å²) in [6.07, 6.45) is 12.8. The first-order chi connectivity index (χ1) is 16.0. The molecule has 3 aromatic rings. The molecule has 0 radical (unpaired) electrons. The van der Waals surface area contributed by atoms with E-state index in [4.69, 9.17) is 0 Å². The highest BCUT2D eigenvalue weighted by Crippen LogP contribution is 2.32. The molecule has 4 rings (SSSR count). The lowest BCUT2D eigenvalue weighted by Gasteiger charge is -2.21. The molecule has 0 aliphatic carbocycles. The van der Waals surface area contributed by atoms with Crippen LogP contribution in [0.5, 0.6) is 0 Å². The van der Waals surface area contributed by atoms with Gasteiger partial charge in [0.1, 0.15) is 12.2 Å². The Morgan fingerprint density at radius 2 is 1.48 bits per heavy atom. The fraction of sp³-hybridized carbons (Fsp3) is 0.250. The zero-order chi connectivity index (χ0) is 23.2. The highest BCUT2D eigenvalue weighted by molar-refractivity contribution is 5.74. The second-order valence-electron chi connectivity index (χ2n) is 9.18. The molecule has 0 atom stereocenters. The van der Waals surface area contributed by atoms with Gasteiger partial charge in [-0.3, -0.25) is 4.58 Å². The molecule has 168 valence electrons. The molecular formula is C32H35N. The van der Waals surface area contributed by atoms with Gasteiger partial charge in [-0.2, -0.15) is 0 Å². The standard InChI is InChI=1S/C32H35N/c1-5-6-7-8-11-26-12-9-13-27(20-26)28-14-10-15-29(21-28)30-18-17-25(3)31(22-30)32-19-16-24(2)23-33(32)4/h9-10,12-23H,4-8,11H2,1-3H3. The van der Waals surface area contributed by atoms with Crippen molar-refractivity contribution in [2.45, 2.75) is 52.9 Å². The maximum absolute atomic E-state index is 4.21. The van der Waals surface area contributed by atoms with Crippen molar-refractivity contribution < 1.29 is 4.58 Å². The van der Waals surface area contributed by atoms with E-state index in [1.54, 1.807) is 0 Å². The molecule has 0 fully saturated rings. The summed E-state index contributed by atoms with van der Waals surface area (Å²) in [7, 11) is 0. The summed E-state index contributed by atoms with van der Waals surface area (Å²) in [5, 5.41) is 0. The zero-order valence-electron chi connectivity index (χ0n) is 20.3. The van der Waals surface area contributed by atoms with Crippen LogP contribution >= 0.6 is 0 Å². The summed E-state index contributed by atoms with van der Waals surface area (Å²) in [6.45, 7) is 10.7. The largest absolute Gasteiger partial charge is 0.255 e. The molecular weight excluding hydrogens is 398 g/mol. The molecule has 0 aromatic heterocycles. The summed E-state index contributed by atoms with van der Waals surface area (Å²) >= 11 is 0. The molecule has 1 aliphatic heterocycles. The molecule has 0 saturated heterocycles. The van der Waals surface area contributed by atoms with Crippen molar-refractivity contribution in [1.29, 1.82) is 0 Å². The molecule has 1 heterocycles. The van der Waals surface area contributed by atoms with Gasteiger partial charge in [0, 0.05) is 0 Å². The minimum atomic E-state index is 1.13. The van der Waals surface area contributed by atoms with E-state index in [9.17, 15) is 0 Å². The van der Waals surface area contributed by atoms with Gasteiger partial charge in [-0.15, -0.1) is 6.08 Å². The van der Waals surface area contributed by atoms with Crippen LogP contribution in [0, 0.1) is 13.0 Å². The minimum Gasteiger partial charge on any atom is -0.255 e. The Morgan fingerprint density at radius 1 is 0.788 bits per heavy atom. The lowest BCUT2D eigenvalue weighted by atomic mass is 9.92. The Morgan fingerprint density at radius 3 is 2.21 bits per heavy atom. The fourth-order valence-corrected chi connectivity index (χ4v) is 4.53. The van der Waals surface area contributed by atoms with Gasteiger partial charge in [0.05, 0.1) is 6.72 Å². The number of hydrogen-bond donors (Lipinski definition) is 0. The van der Waals surface area contributed by atoms with Crippen molar-refractivity contribution in [3.8, 4) is 22.3 Å². The molecule has 0 saturated carbocycles. The summed E-state index contributed by atoms with van der Waals surface area (Å²) in [4.78, 5) is 0. The average Bonchev–Trinajstić information content (AvgIpc) is 2.83. The van der Waals surface area contributed by atoms with Gasteiger partial charge < -0.3 is 0 Å². The number of nitrogens with zero attached hydrogens (tertiary/aromatic N) is 1. The first-order valence-corrected chi connectivity index (χ1v) is 12.2. The van der Waals surface area contributed by atoms with E-state index in [1.165, 1.54) is 70.2 Å². The number of hydrogen-bond acceptors (Lipinski definition) is 0. The summed E-state index contributed by atoms with van der Waals surface area (Å²) in [6, 6.07) is 25.8. The Hall–Kier alpha value is -3.32. The van der Waals surface area contributed by atoms with Crippen LogP contribution in [-0.4, -0.2) is 11.3 Å². The van der Waals surface area contributed by atoms with Crippen LogP contribution in [0.15, 0.2) is 90.7 Å². The van der Waals surface area contributed by atoms with Crippen LogP contribution in [0.1, 0.15) is 56.2 Å². The van der Waals surface area contributed by atoms with Gasteiger partial charge in [-0.1, -0.05) is 99.3 Å². The molecule has 1 aliphatic rings. The van der Waals surface area contributed by atoms with Gasteiger partial charge in [0.2, 0.25) is 0 Å². The van der Waals surface area contributed by atoms with Crippen molar-refractivity contribution in [3.05, 3.63) is 113 Å². The van der Waals surface area contributed by atoms with E-state index in [2.05, 4.69) is 113 Å². The van der Waals surface area contributed by atoms with Crippen molar-refractivity contribution in [3.63, 3.8) is 0 Å². The summed E-state index contributed by atoms with van der Waals surface area (Å²) in [5.41, 5.74) is 10.2. The molecule has 0 spiro atoms. The number of rotatable bonds is 8. The third-order valence-electron chi connectivity index (χ3n) is 6.46. The SMILES string of the molecule is C=[N+]1C=C(C)C=C[C-]1c1cc(-c2cccc(-c3cccc(CCCCCC)c3)c2)ccc1C. The van der Waals surface area contributed by atoms with E-state index in [0.29, 0.717) is 0 Å². The zero-order valence-corrected chi connectivity index (χ0v) is 20.3. The third-order valence-corrected chi connectivity index (χ3v) is 6.46. The van der Waals surface area contributed by atoms with Gasteiger partial charge in [0.15, 0.2) is 0 Å². The number of benzene rings is 3. The van der Waals surface area contributed by atoms with E-state index in [-0.39, 0.29) is 0 Å². The van der Waals surface area contributed by atoms with Crippen LogP contribution in [0.3, 0.4) is 0 Å². The highest BCUT2D eigenvalue weighted by Gasteiger charge is 2.18. The van der Waals surface area contributed by atoms with Crippen LogP contribution in [0.2, 0.25) is 0 Å². The van der Waals surface area contributed by atoms with Gasteiger partial charge in [-0.05, 0) is 70.9 Å². The summed E-state index contributed by atoms with van der Waals surface area (Å²) < 4.78 is 1.98. The van der Waals surface area contributed by atoms with E-state index in [1.807, 2.05) is 4.58 Å². The van der Waals surface area contributed by atoms with Gasteiger partial charge in [0.25, 0.3) is 0 Å². The third kappa shape index (κ3) is 5.54. The Balaban J connectivity index is 1.60. The lowest BCUT2D eigenvalue weighted by Crippen LogP contribution is -2.15. The van der Waals surface area contributed by atoms with Crippen LogP contribution in [0.25, 0.3) is 22.3 Å². The van der Waals surface area contributed by atoms with Crippen LogP contribution < -0.4 is 0 Å². The molecule has 1 nitrogen and oxygen atoms in total. The van der Waals surface area contributed by atoms with Crippen molar-refractivity contribution >= 4 is 6.72 Å².